The van der Waals surface area contributed by atoms with Crippen LogP contribution in [0.5, 0.6) is 5.75 Å². The molecule has 0 spiro atoms. The third kappa shape index (κ3) is 11.1. The van der Waals surface area contributed by atoms with Gasteiger partial charge in [0.1, 0.15) is 5.75 Å². The van der Waals surface area contributed by atoms with Crippen LogP contribution in [-0.4, -0.2) is 66.5 Å². The summed E-state index contributed by atoms with van der Waals surface area (Å²) in [7, 11) is 0. The highest BCUT2D eigenvalue weighted by Gasteiger charge is 2.35. The van der Waals surface area contributed by atoms with E-state index in [9.17, 15) is 18.0 Å². The lowest BCUT2D eigenvalue weighted by atomic mass is 9.88. The fraction of sp³-hybridized carbons (Fsp3) is 0.759. The van der Waals surface area contributed by atoms with Gasteiger partial charge in [0.15, 0.2) is 0 Å². The van der Waals surface area contributed by atoms with Crippen LogP contribution in [0.1, 0.15) is 95.0 Å². The van der Waals surface area contributed by atoms with E-state index in [0.717, 1.165) is 75.9 Å². The summed E-state index contributed by atoms with van der Waals surface area (Å²) in [6.07, 6.45) is 6.86. The molecule has 0 radical (unpaired) electrons. The van der Waals surface area contributed by atoms with Crippen molar-refractivity contribution < 1.29 is 22.7 Å². The zero-order valence-corrected chi connectivity index (χ0v) is 23.1. The summed E-state index contributed by atoms with van der Waals surface area (Å²) in [5.74, 6) is 1.06. The van der Waals surface area contributed by atoms with Crippen LogP contribution in [0.25, 0.3) is 0 Å². The highest BCUT2D eigenvalue weighted by atomic mass is 32.1. The van der Waals surface area contributed by atoms with Gasteiger partial charge in [-0.3, -0.25) is 4.79 Å². The number of likely N-dealkylation sites (tertiary alicyclic amines) is 2. The Balaban J connectivity index is 1.31. The first kappa shape index (κ1) is 30.1. The SMILES string of the molecule is O=C1C(S)C(c2cccc(OCCCCCCCCCC(F)(F)F)c2)CCN1CCCN1CCCCC1. The molecule has 0 N–H and O–H groups in total. The van der Waals surface area contributed by atoms with E-state index in [0.29, 0.717) is 13.0 Å². The van der Waals surface area contributed by atoms with Crippen LogP contribution in [0.15, 0.2) is 24.3 Å². The Morgan fingerprint density at radius 1 is 0.892 bits per heavy atom. The number of benzene rings is 1. The Bertz CT molecular complexity index is 802. The van der Waals surface area contributed by atoms with Gasteiger partial charge in [-0.05, 0) is 75.9 Å². The maximum atomic E-state index is 13.0. The van der Waals surface area contributed by atoms with E-state index < -0.39 is 12.6 Å². The number of hydrogen-bond acceptors (Lipinski definition) is 4. The van der Waals surface area contributed by atoms with E-state index in [4.69, 9.17) is 17.4 Å². The van der Waals surface area contributed by atoms with Crippen LogP contribution in [0.3, 0.4) is 0 Å². The summed E-state index contributed by atoms with van der Waals surface area (Å²) in [5, 5.41) is -0.324. The van der Waals surface area contributed by atoms with Crippen molar-refractivity contribution in [1.29, 1.82) is 0 Å². The van der Waals surface area contributed by atoms with Crippen LogP contribution in [0, 0.1) is 0 Å². The molecular weight excluding hydrogens is 497 g/mol. The molecule has 0 bridgehead atoms. The van der Waals surface area contributed by atoms with Crippen molar-refractivity contribution in [3.8, 4) is 5.75 Å². The summed E-state index contributed by atoms with van der Waals surface area (Å²) < 4.78 is 42.4. The van der Waals surface area contributed by atoms with E-state index >= 15 is 0 Å². The molecule has 2 heterocycles. The van der Waals surface area contributed by atoms with Gasteiger partial charge >= 0.3 is 6.18 Å². The van der Waals surface area contributed by atoms with Gasteiger partial charge in [-0.25, -0.2) is 0 Å². The fourth-order valence-electron chi connectivity index (χ4n) is 5.50. The second kappa shape index (κ2) is 15.9. The van der Waals surface area contributed by atoms with Crippen LogP contribution < -0.4 is 4.74 Å². The van der Waals surface area contributed by atoms with Crippen LogP contribution in [0.4, 0.5) is 13.2 Å². The zero-order valence-electron chi connectivity index (χ0n) is 22.2. The monoisotopic (exact) mass is 542 g/mol. The maximum Gasteiger partial charge on any atom is 0.389 e. The highest BCUT2D eigenvalue weighted by molar-refractivity contribution is 7.81. The van der Waals surface area contributed by atoms with Gasteiger partial charge in [-0.15, -0.1) is 0 Å². The average Bonchev–Trinajstić information content (AvgIpc) is 2.88. The van der Waals surface area contributed by atoms with E-state index in [1.54, 1.807) is 0 Å². The Labute approximate surface area is 226 Å². The van der Waals surface area contributed by atoms with Gasteiger partial charge < -0.3 is 14.5 Å². The number of hydrogen-bond donors (Lipinski definition) is 1. The summed E-state index contributed by atoms with van der Waals surface area (Å²) >= 11 is 4.74. The van der Waals surface area contributed by atoms with Gasteiger partial charge in [0.25, 0.3) is 0 Å². The molecule has 2 atom stereocenters. The lowest BCUT2D eigenvalue weighted by molar-refractivity contribution is -0.135. The molecule has 2 fully saturated rings. The van der Waals surface area contributed by atoms with E-state index in [1.807, 2.05) is 23.1 Å². The molecule has 2 aliphatic heterocycles. The maximum absolute atomic E-state index is 13.0. The Kier molecular flexibility index (Phi) is 12.9. The van der Waals surface area contributed by atoms with Crippen LogP contribution in [-0.2, 0) is 4.79 Å². The van der Waals surface area contributed by atoms with Crippen molar-refractivity contribution in [1.82, 2.24) is 9.80 Å². The van der Waals surface area contributed by atoms with Gasteiger partial charge in [-0.1, -0.05) is 50.7 Å². The Morgan fingerprint density at radius 3 is 2.32 bits per heavy atom. The lowest BCUT2D eigenvalue weighted by Crippen LogP contribution is -2.46. The summed E-state index contributed by atoms with van der Waals surface area (Å²) in [5.41, 5.74) is 1.11. The molecule has 1 amide bonds. The summed E-state index contributed by atoms with van der Waals surface area (Å²) in [4.78, 5) is 17.5. The first-order valence-corrected chi connectivity index (χ1v) is 14.8. The van der Waals surface area contributed by atoms with Crippen molar-refractivity contribution in [3.63, 3.8) is 0 Å². The number of thiol groups is 1. The molecule has 0 aromatic heterocycles. The molecule has 0 saturated carbocycles. The molecule has 37 heavy (non-hydrogen) atoms. The number of rotatable bonds is 15. The minimum Gasteiger partial charge on any atom is -0.494 e. The zero-order chi connectivity index (χ0) is 26.5. The van der Waals surface area contributed by atoms with Gasteiger partial charge in [0, 0.05) is 25.4 Å². The number of nitrogens with zero attached hydrogens (tertiary/aromatic N) is 2. The molecule has 4 nitrogen and oxygen atoms in total. The number of carbonyl (C=O) groups excluding carboxylic acids is 1. The van der Waals surface area contributed by atoms with Crippen molar-refractivity contribution in [2.75, 3.05) is 39.3 Å². The number of alkyl halides is 3. The molecular formula is C29H45F3N2O2S. The predicted octanol–water partition coefficient (Wildman–Crippen LogP) is 7.24. The summed E-state index contributed by atoms with van der Waals surface area (Å²) in [6, 6.07) is 8.06. The molecule has 2 unspecified atom stereocenters. The Morgan fingerprint density at radius 2 is 1.59 bits per heavy atom. The second-order valence-corrected chi connectivity index (χ2v) is 11.2. The smallest absolute Gasteiger partial charge is 0.389 e. The Hall–Kier alpha value is -1.41. The van der Waals surface area contributed by atoms with Gasteiger partial charge in [-0.2, -0.15) is 25.8 Å². The standard InChI is InChI=1S/C29H45F3N2O2S/c30-29(31,32)16-7-4-2-1-3-5-10-22-36-25-14-11-13-24(23-25)26-15-21-34(28(35)27(26)37)20-12-19-33-17-8-6-9-18-33/h11,13-14,23,26-27,37H,1-10,12,15-22H2. The fourth-order valence-corrected chi connectivity index (χ4v) is 5.98. The number of halogens is 3. The molecule has 2 saturated heterocycles. The number of unbranched alkanes of at least 4 members (excludes halogenated alkanes) is 6. The minimum absolute atomic E-state index is 0.0927. The van der Waals surface area contributed by atoms with E-state index in [2.05, 4.69) is 11.0 Å². The minimum atomic E-state index is -4.03. The third-order valence-corrected chi connectivity index (χ3v) is 8.25. The molecule has 2 aliphatic rings. The molecule has 1 aromatic rings. The first-order chi connectivity index (χ1) is 17.8. The second-order valence-electron chi connectivity index (χ2n) is 10.7. The summed E-state index contributed by atoms with van der Waals surface area (Å²) in [6.45, 7) is 5.68. The normalized spacial score (nSPS) is 21.4. The highest BCUT2D eigenvalue weighted by Crippen LogP contribution is 2.34. The largest absolute Gasteiger partial charge is 0.494 e. The van der Waals surface area contributed by atoms with Crippen molar-refractivity contribution in [2.24, 2.45) is 0 Å². The average molecular weight is 543 g/mol. The van der Waals surface area contributed by atoms with Crippen LogP contribution >= 0.6 is 12.6 Å². The van der Waals surface area contributed by atoms with Crippen LogP contribution in [0.2, 0.25) is 0 Å². The van der Waals surface area contributed by atoms with Crippen molar-refractivity contribution >= 4 is 18.5 Å². The number of amides is 1. The molecule has 8 heteroatoms. The van der Waals surface area contributed by atoms with Crippen molar-refractivity contribution in [3.05, 3.63) is 29.8 Å². The topological polar surface area (TPSA) is 32.8 Å². The van der Waals surface area contributed by atoms with Gasteiger partial charge in [0.2, 0.25) is 5.91 Å². The van der Waals surface area contributed by atoms with Gasteiger partial charge in [0.05, 0.1) is 11.9 Å². The first-order valence-electron chi connectivity index (χ1n) is 14.3. The number of ether oxygens (including phenoxy) is 1. The molecule has 0 aliphatic carbocycles. The molecule has 3 rings (SSSR count). The van der Waals surface area contributed by atoms with E-state index in [1.165, 1.54) is 32.4 Å². The van der Waals surface area contributed by atoms with E-state index in [-0.39, 0.29) is 23.5 Å². The third-order valence-electron chi connectivity index (χ3n) is 7.67. The number of carbonyl (C=O) groups is 1. The number of piperidine rings is 2. The lowest BCUT2D eigenvalue weighted by Gasteiger charge is -2.36. The predicted molar refractivity (Wildman–Crippen MR) is 147 cm³/mol. The van der Waals surface area contributed by atoms with Crippen molar-refractivity contribution in [2.45, 2.75) is 101 Å². The molecule has 1 aromatic carbocycles. The molecule has 210 valence electrons. The quantitative estimate of drug-likeness (QED) is 0.187.